The Bertz CT molecular complexity index is 224. The molecule has 1 unspecified atom stereocenters. The molecule has 0 amide bonds. The summed E-state index contributed by atoms with van der Waals surface area (Å²) in [6.45, 7) is 14.5. The summed E-state index contributed by atoms with van der Waals surface area (Å²) >= 11 is 0. The standard InChI is InChI=1S/C14H29N3/c1-4-16-9-10-17(11-14(16)12(2)3)13-5-7-15-8-6-13/h12-15H,4-11H2,1-3H3. The van der Waals surface area contributed by atoms with Gasteiger partial charge in [0.25, 0.3) is 0 Å². The Hall–Kier alpha value is -0.120. The highest BCUT2D eigenvalue weighted by Gasteiger charge is 2.31. The molecule has 0 aromatic heterocycles. The minimum Gasteiger partial charge on any atom is -0.317 e. The van der Waals surface area contributed by atoms with Crippen LogP contribution in [-0.4, -0.2) is 61.2 Å². The molecular formula is C14H29N3. The average Bonchev–Trinajstić information content (AvgIpc) is 2.39. The predicted molar refractivity (Wildman–Crippen MR) is 73.3 cm³/mol. The van der Waals surface area contributed by atoms with E-state index in [1.807, 2.05) is 0 Å². The third kappa shape index (κ3) is 3.21. The van der Waals surface area contributed by atoms with E-state index < -0.39 is 0 Å². The second-order valence-electron chi connectivity index (χ2n) is 5.92. The molecule has 2 aliphatic rings. The van der Waals surface area contributed by atoms with Gasteiger partial charge in [0.15, 0.2) is 0 Å². The summed E-state index contributed by atoms with van der Waals surface area (Å²) in [7, 11) is 0. The molecule has 100 valence electrons. The Morgan fingerprint density at radius 2 is 1.88 bits per heavy atom. The van der Waals surface area contributed by atoms with E-state index in [-0.39, 0.29) is 0 Å². The van der Waals surface area contributed by atoms with E-state index >= 15 is 0 Å². The van der Waals surface area contributed by atoms with Gasteiger partial charge in [0.05, 0.1) is 0 Å². The monoisotopic (exact) mass is 239 g/mol. The molecule has 3 nitrogen and oxygen atoms in total. The van der Waals surface area contributed by atoms with Gasteiger partial charge in [-0.3, -0.25) is 9.80 Å². The number of rotatable bonds is 3. The van der Waals surface area contributed by atoms with Crippen molar-refractivity contribution in [3.63, 3.8) is 0 Å². The van der Waals surface area contributed by atoms with Gasteiger partial charge in [0.1, 0.15) is 0 Å². The lowest BCUT2D eigenvalue weighted by Gasteiger charge is -2.46. The fourth-order valence-corrected chi connectivity index (χ4v) is 3.40. The summed E-state index contributed by atoms with van der Waals surface area (Å²) in [5.41, 5.74) is 0. The van der Waals surface area contributed by atoms with Gasteiger partial charge >= 0.3 is 0 Å². The third-order valence-corrected chi connectivity index (χ3v) is 4.57. The van der Waals surface area contributed by atoms with Gasteiger partial charge in [-0.05, 0) is 38.4 Å². The summed E-state index contributed by atoms with van der Waals surface area (Å²) in [5, 5.41) is 3.47. The summed E-state index contributed by atoms with van der Waals surface area (Å²) < 4.78 is 0. The maximum atomic E-state index is 3.47. The smallest absolute Gasteiger partial charge is 0.0246 e. The van der Waals surface area contributed by atoms with Crippen molar-refractivity contribution in [2.75, 3.05) is 39.3 Å². The molecule has 1 atom stereocenters. The van der Waals surface area contributed by atoms with Gasteiger partial charge in [-0.2, -0.15) is 0 Å². The number of nitrogens with zero attached hydrogens (tertiary/aromatic N) is 2. The van der Waals surface area contributed by atoms with Crippen molar-refractivity contribution >= 4 is 0 Å². The quantitative estimate of drug-likeness (QED) is 0.803. The van der Waals surface area contributed by atoms with E-state index in [2.05, 4.69) is 35.9 Å². The van der Waals surface area contributed by atoms with E-state index in [9.17, 15) is 0 Å². The number of piperidine rings is 1. The van der Waals surface area contributed by atoms with Crippen molar-refractivity contribution in [3.8, 4) is 0 Å². The second kappa shape index (κ2) is 6.17. The van der Waals surface area contributed by atoms with Crippen LogP contribution < -0.4 is 5.32 Å². The molecule has 2 heterocycles. The molecule has 1 N–H and O–H groups in total. The van der Waals surface area contributed by atoms with E-state index in [0.717, 1.165) is 18.0 Å². The zero-order chi connectivity index (χ0) is 12.3. The van der Waals surface area contributed by atoms with Crippen LogP contribution in [0.25, 0.3) is 0 Å². The van der Waals surface area contributed by atoms with Crippen LogP contribution in [0.15, 0.2) is 0 Å². The highest BCUT2D eigenvalue weighted by molar-refractivity contribution is 4.88. The molecule has 0 saturated carbocycles. The molecule has 0 aromatic carbocycles. The number of nitrogens with one attached hydrogen (secondary N) is 1. The lowest BCUT2D eigenvalue weighted by molar-refractivity contribution is 0.0230. The van der Waals surface area contributed by atoms with Crippen molar-refractivity contribution in [2.45, 2.75) is 45.7 Å². The molecule has 2 saturated heterocycles. The van der Waals surface area contributed by atoms with Crippen molar-refractivity contribution in [3.05, 3.63) is 0 Å². The fourth-order valence-electron chi connectivity index (χ4n) is 3.40. The van der Waals surface area contributed by atoms with Gasteiger partial charge in [0.2, 0.25) is 0 Å². The average molecular weight is 239 g/mol. The Morgan fingerprint density at radius 1 is 1.18 bits per heavy atom. The molecule has 0 aromatic rings. The Kier molecular flexibility index (Phi) is 4.83. The summed E-state index contributed by atoms with van der Waals surface area (Å²) in [6.07, 6.45) is 2.69. The van der Waals surface area contributed by atoms with Crippen LogP contribution in [0.5, 0.6) is 0 Å². The number of piperazine rings is 1. The third-order valence-electron chi connectivity index (χ3n) is 4.57. The first-order valence-corrected chi connectivity index (χ1v) is 7.41. The van der Waals surface area contributed by atoms with Gasteiger partial charge in [0, 0.05) is 31.7 Å². The van der Waals surface area contributed by atoms with Crippen molar-refractivity contribution < 1.29 is 0 Å². The lowest BCUT2D eigenvalue weighted by atomic mass is 9.96. The van der Waals surface area contributed by atoms with E-state index in [1.54, 1.807) is 0 Å². The van der Waals surface area contributed by atoms with Crippen LogP contribution >= 0.6 is 0 Å². The maximum Gasteiger partial charge on any atom is 0.0246 e. The Labute approximate surface area is 107 Å². The van der Waals surface area contributed by atoms with Gasteiger partial charge in [-0.15, -0.1) is 0 Å². The highest BCUT2D eigenvalue weighted by atomic mass is 15.3. The summed E-state index contributed by atoms with van der Waals surface area (Å²) in [5.74, 6) is 0.777. The highest BCUT2D eigenvalue weighted by Crippen LogP contribution is 2.21. The number of hydrogen-bond acceptors (Lipinski definition) is 3. The molecular weight excluding hydrogens is 210 g/mol. The van der Waals surface area contributed by atoms with Crippen molar-refractivity contribution in [1.29, 1.82) is 0 Å². The van der Waals surface area contributed by atoms with Crippen LogP contribution in [0.4, 0.5) is 0 Å². The molecule has 17 heavy (non-hydrogen) atoms. The van der Waals surface area contributed by atoms with Crippen molar-refractivity contribution in [1.82, 2.24) is 15.1 Å². The van der Waals surface area contributed by atoms with Gasteiger partial charge < -0.3 is 5.32 Å². The zero-order valence-corrected chi connectivity index (χ0v) is 11.8. The topological polar surface area (TPSA) is 18.5 Å². The van der Waals surface area contributed by atoms with Crippen molar-refractivity contribution in [2.24, 2.45) is 5.92 Å². The molecule has 0 bridgehead atoms. The normalized spacial score (nSPS) is 30.0. The minimum absolute atomic E-state index is 0.767. The molecule has 2 rings (SSSR count). The molecule has 0 aliphatic carbocycles. The van der Waals surface area contributed by atoms with Gasteiger partial charge in [-0.1, -0.05) is 20.8 Å². The van der Waals surface area contributed by atoms with E-state index in [1.165, 1.54) is 52.1 Å². The predicted octanol–water partition coefficient (Wildman–Crippen LogP) is 1.40. The fraction of sp³-hybridized carbons (Fsp3) is 1.00. The lowest BCUT2D eigenvalue weighted by Crippen LogP contribution is -2.58. The molecule has 2 aliphatic heterocycles. The summed E-state index contributed by atoms with van der Waals surface area (Å²) in [4.78, 5) is 5.43. The largest absolute Gasteiger partial charge is 0.317 e. The molecule has 2 fully saturated rings. The Morgan fingerprint density at radius 3 is 2.47 bits per heavy atom. The maximum absolute atomic E-state index is 3.47. The Balaban J connectivity index is 1.93. The van der Waals surface area contributed by atoms with Crippen LogP contribution in [-0.2, 0) is 0 Å². The molecule has 0 spiro atoms. The van der Waals surface area contributed by atoms with Crippen LogP contribution in [0.1, 0.15) is 33.6 Å². The SMILES string of the molecule is CCN1CCN(C2CCNCC2)CC1C(C)C. The number of hydrogen-bond donors (Lipinski definition) is 1. The van der Waals surface area contributed by atoms with Crippen LogP contribution in [0.3, 0.4) is 0 Å². The zero-order valence-electron chi connectivity index (χ0n) is 11.8. The first-order chi connectivity index (χ1) is 8.22. The van der Waals surface area contributed by atoms with Crippen LogP contribution in [0, 0.1) is 5.92 Å². The first kappa shape index (κ1) is 13.3. The number of likely N-dealkylation sites (N-methyl/N-ethyl adjacent to an activating group) is 1. The summed E-state index contributed by atoms with van der Waals surface area (Å²) in [6, 6.07) is 1.61. The van der Waals surface area contributed by atoms with Crippen LogP contribution in [0.2, 0.25) is 0 Å². The minimum atomic E-state index is 0.767. The molecule has 0 radical (unpaired) electrons. The van der Waals surface area contributed by atoms with Gasteiger partial charge in [-0.25, -0.2) is 0 Å². The molecule has 3 heteroatoms. The second-order valence-corrected chi connectivity index (χ2v) is 5.92. The first-order valence-electron chi connectivity index (χ1n) is 7.41. The van der Waals surface area contributed by atoms with E-state index in [4.69, 9.17) is 0 Å². The van der Waals surface area contributed by atoms with E-state index in [0.29, 0.717) is 0 Å².